The molecule has 1 aromatic rings. The van der Waals surface area contributed by atoms with Gasteiger partial charge in [-0.25, -0.2) is 8.78 Å². The molecule has 0 aromatic carbocycles. The van der Waals surface area contributed by atoms with Crippen molar-refractivity contribution in [2.45, 2.75) is 6.43 Å². The first-order valence-corrected chi connectivity index (χ1v) is 4.06. The highest BCUT2D eigenvalue weighted by atomic mass is 19.3. The zero-order valence-electron chi connectivity index (χ0n) is 8.44. The summed E-state index contributed by atoms with van der Waals surface area (Å²) in [4.78, 5) is 13.2. The van der Waals surface area contributed by atoms with Gasteiger partial charge in [-0.2, -0.15) is 4.98 Å². The van der Waals surface area contributed by atoms with E-state index in [4.69, 9.17) is 0 Å². The van der Waals surface area contributed by atoms with Gasteiger partial charge < -0.3 is 9.47 Å². The Labute approximate surface area is 89.0 Å². The maximum Gasteiger partial charge on any atom is 0.289 e. The lowest BCUT2D eigenvalue weighted by Crippen LogP contribution is -2.03. The van der Waals surface area contributed by atoms with Crippen molar-refractivity contribution in [2.75, 3.05) is 14.2 Å². The number of nitrogens with zero attached hydrogens (tertiary/aromatic N) is 2. The van der Waals surface area contributed by atoms with Crippen molar-refractivity contribution in [1.82, 2.24) is 4.98 Å². The van der Waals surface area contributed by atoms with Gasteiger partial charge in [-0.15, -0.1) is 0 Å². The third kappa shape index (κ3) is 2.15. The summed E-state index contributed by atoms with van der Waals surface area (Å²) >= 11 is 0. The van der Waals surface area contributed by atoms with Crippen LogP contribution in [0.1, 0.15) is 12.0 Å². The topological polar surface area (TPSA) is 74.5 Å². The molecule has 6 nitrogen and oxygen atoms in total. The van der Waals surface area contributed by atoms with Crippen LogP contribution in [0.2, 0.25) is 0 Å². The van der Waals surface area contributed by atoms with Gasteiger partial charge in [-0.3, -0.25) is 10.1 Å². The Morgan fingerprint density at radius 3 is 2.44 bits per heavy atom. The Morgan fingerprint density at radius 1 is 1.44 bits per heavy atom. The molecule has 1 heterocycles. The van der Waals surface area contributed by atoms with Gasteiger partial charge >= 0.3 is 0 Å². The van der Waals surface area contributed by atoms with Crippen LogP contribution in [-0.4, -0.2) is 24.1 Å². The van der Waals surface area contributed by atoms with Crippen molar-refractivity contribution in [3.8, 4) is 11.8 Å². The predicted molar refractivity (Wildman–Crippen MR) is 49.0 cm³/mol. The second-order valence-electron chi connectivity index (χ2n) is 2.66. The van der Waals surface area contributed by atoms with E-state index in [-0.39, 0.29) is 5.88 Å². The quantitative estimate of drug-likeness (QED) is 0.587. The number of pyridine rings is 1. The maximum atomic E-state index is 12.6. The Balaban J connectivity index is 3.47. The molecule has 0 aliphatic carbocycles. The Hall–Kier alpha value is -1.99. The number of ether oxygens (including phenoxy) is 2. The molecule has 0 unspecified atom stereocenters. The zero-order valence-corrected chi connectivity index (χ0v) is 8.44. The van der Waals surface area contributed by atoms with Crippen molar-refractivity contribution >= 4 is 5.69 Å². The summed E-state index contributed by atoms with van der Waals surface area (Å²) in [5.41, 5.74) is -1.63. The highest BCUT2D eigenvalue weighted by molar-refractivity contribution is 5.49. The van der Waals surface area contributed by atoms with E-state index in [1.807, 2.05) is 0 Å². The van der Waals surface area contributed by atoms with Crippen molar-refractivity contribution < 1.29 is 23.2 Å². The maximum absolute atomic E-state index is 12.6. The van der Waals surface area contributed by atoms with Gasteiger partial charge in [0.2, 0.25) is 11.8 Å². The molecule has 8 heteroatoms. The average Bonchev–Trinajstić information content (AvgIpc) is 2.26. The fourth-order valence-corrected chi connectivity index (χ4v) is 1.11. The van der Waals surface area contributed by atoms with Crippen LogP contribution in [0.3, 0.4) is 0 Å². The number of rotatable bonds is 4. The lowest BCUT2D eigenvalue weighted by atomic mass is 10.2. The largest absolute Gasteiger partial charge is 0.481 e. The predicted octanol–water partition coefficient (Wildman–Crippen LogP) is 1.94. The standard InChI is InChI=1S/C8H8F2N2O4/c1-15-5-3-4(12(13)14)6(7(9)10)8(11-5)16-2/h3,7H,1-2H3. The molecule has 0 bridgehead atoms. The van der Waals surface area contributed by atoms with Gasteiger partial charge in [0.1, 0.15) is 0 Å². The third-order valence-electron chi connectivity index (χ3n) is 1.80. The van der Waals surface area contributed by atoms with Gasteiger partial charge in [0, 0.05) is 0 Å². The van der Waals surface area contributed by atoms with Crippen molar-refractivity contribution in [3.05, 3.63) is 21.7 Å². The Kier molecular flexibility index (Phi) is 3.54. The van der Waals surface area contributed by atoms with Crippen molar-refractivity contribution in [3.63, 3.8) is 0 Å². The van der Waals surface area contributed by atoms with Gasteiger partial charge in [-0.05, 0) is 0 Å². The number of methoxy groups -OCH3 is 2. The molecular formula is C8H8F2N2O4. The van der Waals surface area contributed by atoms with Crippen LogP contribution in [-0.2, 0) is 0 Å². The lowest BCUT2D eigenvalue weighted by Gasteiger charge is -2.08. The average molecular weight is 234 g/mol. The Bertz CT molecular complexity index is 411. The fraction of sp³-hybridized carbons (Fsp3) is 0.375. The first-order chi connectivity index (χ1) is 7.51. The second kappa shape index (κ2) is 4.69. The van der Waals surface area contributed by atoms with Crippen LogP contribution in [0.4, 0.5) is 14.5 Å². The number of alkyl halides is 2. The van der Waals surface area contributed by atoms with Crippen LogP contribution in [0.25, 0.3) is 0 Å². The van der Waals surface area contributed by atoms with E-state index in [1.165, 1.54) is 7.11 Å². The number of aromatic nitrogens is 1. The minimum Gasteiger partial charge on any atom is -0.481 e. The van der Waals surface area contributed by atoms with Crippen LogP contribution in [0.5, 0.6) is 11.8 Å². The number of nitro groups is 1. The summed E-state index contributed by atoms with van der Waals surface area (Å²) in [6.45, 7) is 0. The summed E-state index contributed by atoms with van der Waals surface area (Å²) in [5, 5.41) is 10.6. The summed E-state index contributed by atoms with van der Waals surface area (Å²) < 4.78 is 34.4. The molecule has 16 heavy (non-hydrogen) atoms. The second-order valence-corrected chi connectivity index (χ2v) is 2.66. The van der Waals surface area contributed by atoms with Crippen LogP contribution in [0.15, 0.2) is 6.07 Å². The fourth-order valence-electron chi connectivity index (χ4n) is 1.11. The molecule has 0 radical (unpaired) electrons. The highest BCUT2D eigenvalue weighted by Crippen LogP contribution is 2.37. The third-order valence-corrected chi connectivity index (χ3v) is 1.80. The minimum atomic E-state index is -3.05. The molecule has 0 aliphatic heterocycles. The van der Waals surface area contributed by atoms with Gasteiger partial charge in [-0.1, -0.05) is 0 Å². The SMILES string of the molecule is COc1cc([N+](=O)[O-])c(C(F)F)c(OC)n1. The van der Waals surface area contributed by atoms with Crippen molar-refractivity contribution in [2.24, 2.45) is 0 Å². The summed E-state index contributed by atoms with van der Waals surface area (Å²) in [5.74, 6) is -0.672. The Morgan fingerprint density at radius 2 is 2.06 bits per heavy atom. The molecule has 0 fully saturated rings. The van der Waals surface area contributed by atoms with Crippen LogP contribution in [0, 0.1) is 10.1 Å². The van der Waals surface area contributed by atoms with Crippen LogP contribution >= 0.6 is 0 Å². The molecule has 0 saturated carbocycles. The number of hydrogen-bond acceptors (Lipinski definition) is 5. The summed E-state index contributed by atoms with van der Waals surface area (Å²) in [7, 11) is 2.31. The summed E-state index contributed by atoms with van der Waals surface area (Å²) in [6, 6.07) is 0.823. The monoisotopic (exact) mass is 234 g/mol. The van der Waals surface area contributed by atoms with Crippen LogP contribution < -0.4 is 9.47 Å². The van der Waals surface area contributed by atoms with E-state index in [2.05, 4.69) is 14.5 Å². The molecule has 1 rings (SSSR count). The van der Waals surface area contributed by atoms with E-state index in [0.29, 0.717) is 0 Å². The summed E-state index contributed by atoms with van der Waals surface area (Å²) in [6.07, 6.45) is -3.05. The van der Waals surface area contributed by atoms with E-state index in [0.717, 1.165) is 13.2 Å². The van der Waals surface area contributed by atoms with Gasteiger partial charge in [0.15, 0.2) is 5.56 Å². The molecule has 1 aromatic heterocycles. The molecule has 88 valence electrons. The first kappa shape index (κ1) is 12.1. The van der Waals surface area contributed by atoms with E-state index in [1.54, 1.807) is 0 Å². The molecule has 0 atom stereocenters. The van der Waals surface area contributed by atoms with E-state index >= 15 is 0 Å². The van der Waals surface area contributed by atoms with Gasteiger partial charge in [0.25, 0.3) is 12.1 Å². The highest BCUT2D eigenvalue weighted by Gasteiger charge is 2.29. The lowest BCUT2D eigenvalue weighted by molar-refractivity contribution is -0.386. The molecule has 0 N–H and O–H groups in total. The minimum absolute atomic E-state index is 0.159. The molecule has 0 aliphatic rings. The van der Waals surface area contributed by atoms with E-state index < -0.39 is 28.5 Å². The van der Waals surface area contributed by atoms with E-state index in [9.17, 15) is 18.9 Å². The number of hydrogen-bond donors (Lipinski definition) is 0. The normalized spacial score (nSPS) is 10.3. The van der Waals surface area contributed by atoms with Crippen molar-refractivity contribution in [1.29, 1.82) is 0 Å². The molecular weight excluding hydrogens is 226 g/mol. The number of halogens is 2. The molecule has 0 amide bonds. The zero-order chi connectivity index (χ0) is 12.3. The smallest absolute Gasteiger partial charge is 0.289 e. The molecule has 0 saturated heterocycles. The first-order valence-electron chi connectivity index (χ1n) is 4.06. The molecule has 0 spiro atoms. The van der Waals surface area contributed by atoms with Gasteiger partial charge in [0.05, 0.1) is 25.2 Å².